The van der Waals surface area contributed by atoms with Crippen LogP contribution in [0.3, 0.4) is 0 Å². The van der Waals surface area contributed by atoms with Gasteiger partial charge in [-0.1, -0.05) is 12.1 Å². The van der Waals surface area contributed by atoms with Crippen LogP contribution in [0.15, 0.2) is 24.3 Å². The fraction of sp³-hybridized carbons (Fsp3) is 0.500. The molecule has 0 radical (unpaired) electrons. The number of thiocarbonyl (C=S) groups is 1. The van der Waals surface area contributed by atoms with Crippen molar-refractivity contribution in [3.8, 4) is 0 Å². The fourth-order valence-corrected chi connectivity index (χ4v) is 1.88. The second-order valence-electron chi connectivity index (χ2n) is 4.22. The summed E-state index contributed by atoms with van der Waals surface area (Å²) in [6.07, 6.45) is 0.917. The maximum atomic E-state index is 12.8. The van der Waals surface area contributed by atoms with Crippen LogP contribution in [-0.2, 0) is 4.74 Å². The average molecular weight is 284 g/mol. The summed E-state index contributed by atoms with van der Waals surface area (Å²) in [7, 11) is 0. The number of halogens is 1. The molecule has 1 aromatic carbocycles. The second kappa shape index (κ2) is 8.82. The third kappa shape index (κ3) is 6.50. The fourth-order valence-electron chi connectivity index (χ4n) is 1.60. The molecular formula is C14H21FN2OS. The smallest absolute Gasteiger partial charge is 0.166 e. The number of ether oxygens (including phenoxy) is 1. The van der Waals surface area contributed by atoms with Crippen molar-refractivity contribution in [2.24, 2.45) is 0 Å². The molecule has 0 heterocycles. The van der Waals surface area contributed by atoms with E-state index in [0.717, 1.165) is 31.7 Å². The van der Waals surface area contributed by atoms with Gasteiger partial charge in [-0.15, -0.1) is 0 Å². The van der Waals surface area contributed by atoms with E-state index in [1.54, 1.807) is 12.1 Å². The first-order valence-electron chi connectivity index (χ1n) is 6.51. The normalized spacial score (nSPS) is 11.9. The molecule has 19 heavy (non-hydrogen) atoms. The molecule has 2 N–H and O–H groups in total. The van der Waals surface area contributed by atoms with E-state index in [2.05, 4.69) is 10.6 Å². The maximum absolute atomic E-state index is 12.8. The van der Waals surface area contributed by atoms with Crippen molar-refractivity contribution in [3.63, 3.8) is 0 Å². The summed E-state index contributed by atoms with van der Waals surface area (Å²) in [6.45, 7) is 6.22. The van der Waals surface area contributed by atoms with Crippen molar-refractivity contribution in [2.75, 3.05) is 19.8 Å². The number of hydrogen-bond donors (Lipinski definition) is 2. The van der Waals surface area contributed by atoms with Crippen LogP contribution < -0.4 is 10.6 Å². The van der Waals surface area contributed by atoms with E-state index < -0.39 is 0 Å². The first-order valence-corrected chi connectivity index (χ1v) is 6.92. The van der Waals surface area contributed by atoms with Crippen molar-refractivity contribution in [3.05, 3.63) is 35.6 Å². The van der Waals surface area contributed by atoms with Crippen molar-refractivity contribution in [1.82, 2.24) is 10.6 Å². The van der Waals surface area contributed by atoms with Gasteiger partial charge in [-0.05, 0) is 50.2 Å². The van der Waals surface area contributed by atoms with E-state index >= 15 is 0 Å². The Bertz CT molecular complexity index is 384. The van der Waals surface area contributed by atoms with Crippen molar-refractivity contribution < 1.29 is 9.13 Å². The quantitative estimate of drug-likeness (QED) is 0.596. The summed E-state index contributed by atoms with van der Waals surface area (Å²) in [6, 6.07) is 6.46. The van der Waals surface area contributed by atoms with E-state index in [9.17, 15) is 4.39 Å². The van der Waals surface area contributed by atoms with Crippen molar-refractivity contribution in [2.45, 2.75) is 26.3 Å². The molecule has 0 aromatic heterocycles. The Labute approximate surface area is 119 Å². The molecular weight excluding hydrogens is 263 g/mol. The van der Waals surface area contributed by atoms with Crippen LogP contribution in [-0.4, -0.2) is 24.9 Å². The molecule has 5 heteroatoms. The number of rotatable bonds is 7. The standard InChI is InChI=1S/C14H21FN2OS/c1-3-18-10-4-9-16-14(19)17-11(2)12-5-7-13(15)8-6-12/h5-8,11H,3-4,9-10H2,1-2H3,(H2,16,17,19). The van der Waals surface area contributed by atoms with Gasteiger partial charge in [0.05, 0.1) is 6.04 Å². The van der Waals surface area contributed by atoms with Crippen LogP contribution in [0.5, 0.6) is 0 Å². The van der Waals surface area contributed by atoms with Crippen LogP contribution >= 0.6 is 12.2 Å². The zero-order chi connectivity index (χ0) is 14.1. The van der Waals surface area contributed by atoms with Crippen LogP contribution in [0, 0.1) is 5.82 Å². The molecule has 0 aliphatic carbocycles. The van der Waals surface area contributed by atoms with Gasteiger partial charge in [-0.2, -0.15) is 0 Å². The van der Waals surface area contributed by atoms with Gasteiger partial charge in [0.1, 0.15) is 5.82 Å². The highest BCUT2D eigenvalue weighted by Crippen LogP contribution is 2.12. The Kier molecular flexibility index (Phi) is 7.36. The number of hydrogen-bond acceptors (Lipinski definition) is 2. The zero-order valence-electron chi connectivity index (χ0n) is 11.4. The lowest BCUT2D eigenvalue weighted by atomic mass is 10.1. The number of nitrogens with one attached hydrogen (secondary N) is 2. The largest absolute Gasteiger partial charge is 0.382 e. The summed E-state index contributed by atoms with van der Waals surface area (Å²) < 4.78 is 18.0. The van der Waals surface area contributed by atoms with Gasteiger partial charge in [-0.25, -0.2) is 4.39 Å². The minimum atomic E-state index is -0.229. The summed E-state index contributed by atoms with van der Waals surface area (Å²) in [5.41, 5.74) is 1.000. The first-order chi connectivity index (χ1) is 9.13. The molecule has 0 amide bonds. The Hall–Kier alpha value is -1.20. The molecule has 1 aromatic rings. The van der Waals surface area contributed by atoms with E-state index in [-0.39, 0.29) is 11.9 Å². The maximum Gasteiger partial charge on any atom is 0.166 e. The topological polar surface area (TPSA) is 33.3 Å². The number of benzene rings is 1. The molecule has 0 aliphatic rings. The molecule has 0 spiro atoms. The van der Waals surface area contributed by atoms with Gasteiger partial charge in [-0.3, -0.25) is 0 Å². The average Bonchev–Trinajstić information content (AvgIpc) is 2.39. The van der Waals surface area contributed by atoms with Gasteiger partial charge in [0, 0.05) is 19.8 Å². The molecule has 0 aliphatic heterocycles. The van der Waals surface area contributed by atoms with E-state index in [0.29, 0.717) is 5.11 Å². The predicted molar refractivity (Wildman–Crippen MR) is 79.7 cm³/mol. The Balaban J connectivity index is 2.26. The van der Waals surface area contributed by atoms with Gasteiger partial charge in [0.15, 0.2) is 5.11 Å². The minimum absolute atomic E-state index is 0.0486. The van der Waals surface area contributed by atoms with Gasteiger partial charge >= 0.3 is 0 Å². The molecule has 0 saturated heterocycles. The van der Waals surface area contributed by atoms with Gasteiger partial charge in [0.2, 0.25) is 0 Å². The molecule has 0 fully saturated rings. The van der Waals surface area contributed by atoms with Crippen molar-refractivity contribution in [1.29, 1.82) is 0 Å². The van der Waals surface area contributed by atoms with Crippen LogP contribution in [0.2, 0.25) is 0 Å². The lowest BCUT2D eigenvalue weighted by Gasteiger charge is -2.17. The van der Waals surface area contributed by atoms with E-state index in [1.165, 1.54) is 12.1 Å². The van der Waals surface area contributed by atoms with Gasteiger partial charge < -0.3 is 15.4 Å². The highest BCUT2D eigenvalue weighted by atomic mass is 32.1. The first kappa shape index (κ1) is 15.9. The molecule has 0 saturated carbocycles. The summed E-state index contributed by atoms with van der Waals surface area (Å²) in [5, 5.41) is 6.89. The zero-order valence-corrected chi connectivity index (χ0v) is 12.2. The Morgan fingerprint density at radius 2 is 2.05 bits per heavy atom. The van der Waals surface area contributed by atoms with Crippen LogP contribution in [0.4, 0.5) is 4.39 Å². The van der Waals surface area contributed by atoms with E-state index in [4.69, 9.17) is 17.0 Å². The predicted octanol–water partition coefficient (Wildman–Crippen LogP) is 2.78. The molecule has 1 atom stereocenters. The second-order valence-corrected chi connectivity index (χ2v) is 4.63. The Morgan fingerprint density at radius 1 is 1.37 bits per heavy atom. The molecule has 1 unspecified atom stereocenters. The summed E-state index contributed by atoms with van der Waals surface area (Å²) >= 11 is 5.20. The lowest BCUT2D eigenvalue weighted by molar-refractivity contribution is 0.145. The van der Waals surface area contributed by atoms with Crippen LogP contribution in [0.25, 0.3) is 0 Å². The minimum Gasteiger partial charge on any atom is -0.382 e. The third-order valence-electron chi connectivity index (χ3n) is 2.67. The molecule has 3 nitrogen and oxygen atoms in total. The van der Waals surface area contributed by atoms with Crippen molar-refractivity contribution >= 4 is 17.3 Å². The molecule has 106 valence electrons. The Morgan fingerprint density at radius 3 is 2.68 bits per heavy atom. The lowest BCUT2D eigenvalue weighted by Crippen LogP contribution is -2.37. The summed E-state index contributed by atoms with van der Waals surface area (Å²) in [4.78, 5) is 0. The molecule has 1 rings (SSSR count). The SMILES string of the molecule is CCOCCCNC(=S)NC(C)c1ccc(F)cc1. The van der Waals surface area contributed by atoms with Crippen LogP contribution in [0.1, 0.15) is 31.9 Å². The highest BCUT2D eigenvalue weighted by molar-refractivity contribution is 7.80. The highest BCUT2D eigenvalue weighted by Gasteiger charge is 2.06. The summed E-state index contributed by atoms with van der Waals surface area (Å²) in [5.74, 6) is -0.229. The van der Waals surface area contributed by atoms with Gasteiger partial charge in [0.25, 0.3) is 0 Å². The third-order valence-corrected chi connectivity index (χ3v) is 2.93. The van der Waals surface area contributed by atoms with E-state index in [1.807, 2.05) is 13.8 Å². The monoisotopic (exact) mass is 284 g/mol. The molecule has 0 bridgehead atoms.